The molecule has 13 heavy (non-hydrogen) atoms. The average Bonchev–Trinajstić information content (AvgIpc) is 2.56. The summed E-state index contributed by atoms with van der Waals surface area (Å²) in [4.78, 5) is 0. The molecule has 1 heterocycles. The molecule has 3 rings (SSSR count). The molecule has 3 heteroatoms. The average molecular weight is 245 g/mol. The molecule has 0 aromatic rings. The maximum atomic E-state index is 5.88. The van der Waals surface area contributed by atoms with Crippen LogP contribution in [0.4, 0.5) is 0 Å². The van der Waals surface area contributed by atoms with Crippen molar-refractivity contribution in [1.82, 2.24) is 0 Å². The third-order valence-corrected chi connectivity index (χ3v) is 4.09. The predicted molar refractivity (Wildman–Crippen MR) is 52.4 cm³/mol. The highest BCUT2D eigenvalue weighted by Gasteiger charge is 2.56. The van der Waals surface area contributed by atoms with Crippen molar-refractivity contribution < 1.29 is 9.47 Å². The zero-order chi connectivity index (χ0) is 9.22. The van der Waals surface area contributed by atoms with Gasteiger partial charge >= 0.3 is 0 Å². The van der Waals surface area contributed by atoms with E-state index < -0.39 is 0 Å². The monoisotopic (exact) mass is 244 g/mol. The molecule has 0 aromatic heterocycles. The van der Waals surface area contributed by atoms with Crippen LogP contribution >= 0.6 is 15.9 Å². The van der Waals surface area contributed by atoms with Gasteiger partial charge in [0.05, 0.1) is 12.2 Å². The molecule has 2 bridgehead atoms. The summed E-state index contributed by atoms with van der Waals surface area (Å²) in [6, 6.07) is 0. The normalized spacial score (nSPS) is 50.8. The van der Waals surface area contributed by atoms with Crippen LogP contribution in [0.1, 0.15) is 20.3 Å². The maximum Gasteiger partial charge on any atom is 0.163 e. The summed E-state index contributed by atoms with van der Waals surface area (Å²) in [6.45, 7) is 4.00. The van der Waals surface area contributed by atoms with E-state index in [1.165, 1.54) is 10.9 Å². The molecule has 0 unspecified atom stereocenters. The van der Waals surface area contributed by atoms with E-state index in [1.807, 2.05) is 13.8 Å². The topological polar surface area (TPSA) is 18.5 Å². The smallest absolute Gasteiger partial charge is 0.163 e. The molecule has 0 amide bonds. The first-order valence-electron chi connectivity index (χ1n) is 4.80. The van der Waals surface area contributed by atoms with E-state index in [1.54, 1.807) is 0 Å². The molecule has 2 fully saturated rings. The molecule has 1 aliphatic heterocycles. The lowest BCUT2D eigenvalue weighted by Crippen LogP contribution is -2.27. The van der Waals surface area contributed by atoms with Crippen LogP contribution in [-0.2, 0) is 9.47 Å². The van der Waals surface area contributed by atoms with Gasteiger partial charge in [-0.15, -0.1) is 0 Å². The quantitative estimate of drug-likeness (QED) is 0.652. The van der Waals surface area contributed by atoms with Crippen LogP contribution in [0.25, 0.3) is 0 Å². The van der Waals surface area contributed by atoms with E-state index in [0.717, 1.165) is 0 Å². The van der Waals surface area contributed by atoms with Gasteiger partial charge in [0.1, 0.15) is 0 Å². The molecule has 2 aliphatic carbocycles. The number of fused-ring (bicyclic) bond motifs is 5. The Balaban J connectivity index is 1.92. The van der Waals surface area contributed by atoms with Gasteiger partial charge in [-0.3, -0.25) is 0 Å². The van der Waals surface area contributed by atoms with E-state index in [4.69, 9.17) is 9.47 Å². The van der Waals surface area contributed by atoms with Crippen molar-refractivity contribution in [2.45, 2.75) is 38.3 Å². The minimum absolute atomic E-state index is 0.291. The van der Waals surface area contributed by atoms with Crippen molar-refractivity contribution in [3.63, 3.8) is 0 Å². The van der Waals surface area contributed by atoms with Crippen molar-refractivity contribution in [3.05, 3.63) is 10.6 Å². The summed E-state index contributed by atoms with van der Waals surface area (Å²) in [5, 5.41) is 0. The summed E-state index contributed by atoms with van der Waals surface area (Å²) >= 11 is 3.59. The SMILES string of the molecule is CC1(C)O[C@@H]2[C@H](O1)[C@@H]1C[C@H]2C=C1Br. The van der Waals surface area contributed by atoms with Gasteiger partial charge in [0, 0.05) is 11.8 Å². The lowest BCUT2D eigenvalue weighted by Gasteiger charge is -2.20. The summed E-state index contributed by atoms with van der Waals surface area (Å²) in [5.41, 5.74) is 0. The molecule has 72 valence electrons. The fourth-order valence-corrected chi connectivity index (χ4v) is 3.57. The number of hydrogen-bond acceptors (Lipinski definition) is 2. The van der Waals surface area contributed by atoms with Gasteiger partial charge < -0.3 is 9.47 Å². The Morgan fingerprint density at radius 2 is 2.08 bits per heavy atom. The highest BCUT2D eigenvalue weighted by molar-refractivity contribution is 9.11. The summed E-state index contributed by atoms with van der Waals surface area (Å²) in [6.07, 6.45) is 4.09. The first-order valence-corrected chi connectivity index (χ1v) is 5.59. The van der Waals surface area contributed by atoms with E-state index in [0.29, 0.717) is 24.0 Å². The van der Waals surface area contributed by atoms with Crippen molar-refractivity contribution in [3.8, 4) is 0 Å². The Kier molecular flexibility index (Phi) is 1.55. The first-order chi connectivity index (χ1) is 6.07. The minimum atomic E-state index is -0.377. The number of halogens is 1. The van der Waals surface area contributed by atoms with E-state index in [9.17, 15) is 0 Å². The van der Waals surface area contributed by atoms with Crippen LogP contribution < -0.4 is 0 Å². The number of rotatable bonds is 0. The number of ether oxygens (including phenoxy) is 2. The second-order valence-corrected chi connectivity index (χ2v) is 5.54. The third kappa shape index (κ3) is 1.07. The Morgan fingerprint density at radius 1 is 1.38 bits per heavy atom. The largest absolute Gasteiger partial charge is 0.344 e. The van der Waals surface area contributed by atoms with Crippen LogP contribution in [0.2, 0.25) is 0 Å². The summed E-state index contributed by atoms with van der Waals surface area (Å²) in [5.74, 6) is 0.750. The molecule has 4 atom stereocenters. The van der Waals surface area contributed by atoms with Gasteiger partial charge in [-0.2, -0.15) is 0 Å². The fraction of sp³-hybridized carbons (Fsp3) is 0.800. The molecule has 1 saturated carbocycles. The molecule has 0 spiro atoms. The Morgan fingerprint density at radius 3 is 2.85 bits per heavy atom. The maximum absolute atomic E-state index is 5.88. The van der Waals surface area contributed by atoms with Crippen molar-refractivity contribution in [2.24, 2.45) is 11.8 Å². The van der Waals surface area contributed by atoms with Crippen molar-refractivity contribution >= 4 is 15.9 Å². The van der Waals surface area contributed by atoms with Crippen LogP contribution in [0, 0.1) is 11.8 Å². The first kappa shape index (κ1) is 8.45. The van der Waals surface area contributed by atoms with E-state index >= 15 is 0 Å². The molecule has 0 radical (unpaired) electrons. The van der Waals surface area contributed by atoms with Crippen LogP contribution in [0.5, 0.6) is 0 Å². The highest BCUT2D eigenvalue weighted by atomic mass is 79.9. The van der Waals surface area contributed by atoms with E-state index in [2.05, 4.69) is 22.0 Å². The van der Waals surface area contributed by atoms with Gasteiger partial charge in [-0.1, -0.05) is 22.0 Å². The standard InChI is InChI=1S/C10H13BrO2/c1-10(2)12-8-5-3-6(7(11)4-5)9(8)13-10/h4-6,8-9H,3H2,1-2H3/t5-,6+,8-,9+/m0/s1. The van der Waals surface area contributed by atoms with Gasteiger partial charge in [-0.05, 0) is 24.8 Å². The lowest BCUT2D eigenvalue weighted by atomic mass is 10.0. The molecule has 0 aromatic carbocycles. The predicted octanol–water partition coefficient (Wildman–Crippen LogP) is 2.44. The molecule has 2 nitrogen and oxygen atoms in total. The van der Waals surface area contributed by atoms with Crippen LogP contribution in [0.3, 0.4) is 0 Å². The van der Waals surface area contributed by atoms with Crippen LogP contribution in [-0.4, -0.2) is 18.0 Å². The summed E-state index contributed by atoms with van der Waals surface area (Å²) < 4.78 is 13.1. The molecular weight excluding hydrogens is 232 g/mol. The zero-order valence-electron chi connectivity index (χ0n) is 7.79. The molecule has 0 N–H and O–H groups in total. The Bertz CT molecular complexity index is 285. The fourth-order valence-electron chi connectivity index (χ4n) is 2.78. The van der Waals surface area contributed by atoms with Crippen LogP contribution in [0.15, 0.2) is 10.6 Å². The molecular formula is C10H13BrO2. The minimum Gasteiger partial charge on any atom is -0.344 e. The van der Waals surface area contributed by atoms with Gasteiger partial charge in [-0.25, -0.2) is 0 Å². The van der Waals surface area contributed by atoms with Crippen molar-refractivity contribution in [2.75, 3.05) is 0 Å². The zero-order valence-corrected chi connectivity index (χ0v) is 9.37. The molecule has 3 aliphatic rings. The van der Waals surface area contributed by atoms with Gasteiger partial charge in [0.25, 0.3) is 0 Å². The van der Waals surface area contributed by atoms with Gasteiger partial charge in [0.15, 0.2) is 5.79 Å². The Labute approximate surface area is 86.4 Å². The second-order valence-electron chi connectivity index (χ2n) is 4.62. The number of hydrogen-bond donors (Lipinski definition) is 0. The highest BCUT2D eigenvalue weighted by Crippen LogP contribution is 2.53. The summed E-state index contributed by atoms with van der Waals surface area (Å²) in [7, 11) is 0. The third-order valence-electron chi connectivity index (χ3n) is 3.24. The lowest BCUT2D eigenvalue weighted by molar-refractivity contribution is -0.156. The molecule has 1 saturated heterocycles. The van der Waals surface area contributed by atoms with Gasteiger partial charge in [0.2, 0.25) is 0 Å². The Hall–Kier alpha value is 0.140. The van der Waals surface area contributed by atoms with E-state index in [-0.39, 0.29) is 5.79 Å². The van der Waals surface area contributed by atoms with Crippen molar-refractivity contribution in [1.29, 1.82) is 0 Å². The second kappa shape index (κ2) is 2.38.